The zero-order chi connectivity index (χ0) is 20.5. The summed E-state index contributed by atoms with van der Waals surface area (Å²) in [7, 11) is 0. The van der Waals surface area contributed by atoms with E-state index in [0.717, 1.165) is 17.7 Å². The Balaban J connectivity index is 1.82. The van der Waals surface area contributed by atoms with E-state index in [1.165, 1.54) is 0 Å². The summed E-state index contributed by atoms with van der Waals surface area (Å²) in [4.78, 5) is 21.3. The molecule has 28 heavy (non-hydrogen) atoms. The van der Waals surface area contributed by atoms with Crippen LogP contribution in [0.1, 0.15) is 62.9 Å². The van der Waals surface area contributed by atoms with E-state index in [2.05, 4.69) is 25.5 Å². The Morgan fingerprint density at radius 3 is 2.61 bits per heavy atom. The number of aromatic nitrogens is 5. The van der Waals surface area contributed by atoms with Crippen molar-refractivity contribution in [3.63, 3.8) is 0 Å². The van der Waals surface area contributed by atoms with Gasteiger partial charge in [-0.2, -0.15) is 10.1 Å². The van der Waals surface area contributed by atoms with Gasteiger partial charge in [0.25, 0.3) is 11.8 Å². The molecule has 0 bridgehead atoms. The van der Waals surface area contributed by atoms with Crippen LogP contribution in [0.2, 0.25) is 0 Å². The molecule has 3 aromatic heterocycles. The van der Waals surface area contributed by atoms with Crippen molar-refractivity contribution < 1.29 is 9.32 Å². The first kappa shape index (κ1) is 19.7. The van der Waals surface area contributed by atoms with Crippen LogP contribution in [0.4, 0.5) is 0 Å². The second-order valence-electron chi connectivity index (χ2n) is 7.92. The monoisotopic (exact) mass is 382 g/mol. The fraction of sp³-hybridized carbons (Fsp3) is 0.450. The van der Waals surface area contributed by atoms with Crippen LogP contribution >= 0.6 is 0 Å². The molecule has 8 heteroatoms. The summed E-state index contributed by atoms with van der Waals surface area (Å²) in [5, 5.41) is 11.3. The Kier molecular flexibility index (Phi) is 5.31. The highest BCUT2D eigenvalue weighted by molar-refractivity contribution is 5.95. The standard InChI is InChI=1S/C20H26N6O2/c1-7-12(2)23-17(27)15-11-22-26(13(15)3)16-9-8-14(10-21-16)18-24-19(25-28-18)20(4,5)6/h8-12H,7H2,1-6H3,(H,23,27). The average molecular weight is 382 g/mol. The Morgan fingerprint density at radius 2 is 2.04 bits per heavy atom. The van der Waals surface area contributed by atoms with Crippen molar-refractivity contribution in [2.75, 3.05) is 0 Å². The summed E-state index contributed by atoms with van der Waals surface area (Å²) in [6, 6.07) is 3.77. The minimum absolute atomic E-state index is 0.111. The molecule has 1 atom stereocenters. The smallest absolute Gasteiger partial charge is 0.259 e. The quantitative estimate of drug-likeness (QED) is 0.726. The number of hydrogen-bond donors (Lipinski definition) is 1. The molecule has 0 saturated carbocycles. The van der Waals surface area contributed by atoms with Crippen molar-refractivity contribution in [2.24, 2.45) is 0 Å². The van der Waals surface area contributed by atoms with E-state index in [0.29, 0.717) is 23.1 Å². The van der Waals surface area contributed by atoms with E-state index in [1.54, 1.807) is 17.1 Å². The highest BCUT2D eigenvalue weighted by Crippen LogP contribution is 2.24. The molecule has 3 aromatic rings. The van der Waals surface area contributed by atoms with Gasteiger partial charge in [-0.3, -0.25) is 4.79 Å². The van der Waals surface area contributed by atoms with Crippen LogP contribution < -0.4 is 5.32 Å². The molecule has 0 aliphatic carbocycles. The summed E-state index contributed by atoms with van der Waals surface area (Å²) < 4.78 is 7.00. The Labute approximate surface area is 164 Å². The van der Waals surface area contributed by atoms with Crippen molar-refractivity contribution in [1.82, 2.24) is 30.2 Å². The van der Waals surface area contributed by atoms with Crippen LogP contribution in [0, 0.1) is 6.92 Å². The SMILES string of the molecule is CCC(C)NC(=O)c1cnn(-c2ccc(-c3nc(C(C)(C)C)no3)cn2)c1C. The number of carbonyl (C=O) groups is 1. The number of hydrogen-bond acceptors (Lipinski definition) is 6. The van der Waals surface area contributed by atoms with Crippen molar-refractivity contribution in [3.05, 3.63) is 41.6 Å². The highest BCUT2D eigenvalue weighted by Gasteiger charge is 2.22. The third kappa shape index (κ3) is 3.95. The average Bonchev–Trinajstić information content (AvgIpc) is 3.28. The Bertz CT molecular complexity index is 965. The zero-order valence-electron chi connectivity index (χ0n) is 17.1. The van der Waals surface area contributed by atoms with Crippen LogP contribution in [-0.4, -0.2) is 36.9 Å². The van der Waals surface area contributed by atoms with Crippen molar-refractivity contribution in [2.45, 2.75) is 59.4 Å². The van der Waals surface area contributed by atoms with Gasteiger partial charge < -0.3 is 9.84 Å². The lowest BCUT2D eigenvalue weighted by Crippen LogP contribution is -2.32. The van der Waals surface area contributed by atoms with Crippen LogP contribution in [0.25, 0.3) is 17.3 Å². The van der Waals surface area contributed by atoms with Crippen molar-refractivity contribution in [1.29, 1.82) is 0 Å². The minimum Gasteiger partial charge on any atom is -0.349 e. The van der Waals surface area contributed by atoms with E-state index in [4.69, 9.17) is 4.52 Å². The highest BCUT2D eigenvalue weighted by atomic mass is 16.5. The lowest BCUT2D eigenvalue weighted by molar-refractivity contribution is 0.0938. The van der Waals surface area contributed by atoms with Gasteiger partial charge in [-0.15, -0.1) is 0 Å². The summed E-state index contributed by atoms with van der Waals surface area (Å²) in [5.41, 5.74) is 1.81. The molecule has 0 saturated heterocycles. The summed E-state index contributed by atoms with van der Waals surface area (Å²) >= 11 is 0. The lowest BCUT2D eigenvalue weighted by atomic mass is 9.96. The molecule has 0 aliphatic heterocycles. The van der Waals surface area contributed by atoms with Gasteiger partial charge in [0.05, 0.1) is 23.0 Å². The second-order valence-corrected chi connectivity index (χ2v) is 7.92. The fourth-order valence-electron chi connectivity index (χ4n) is 2.55. The van der Waals surface area contributed by atoms with Gasteiger partial charge in [0.1, 0.15) is 0 Å². The van der Waals surface area contributed by atoms with Crippen LogP contribution in [0.3, 0.4) is 0 Å². The molecule has 0 spiro atoms. The molecule has 148 valence electrons. The first-order valence-electron chi connectivity index (χ1n) is 9.37. The number of pyridine rings is 1. The summed E-state index contributed by atoms with van der Waals surface area (Å²) in [6.07, 6.45) is 4.10. The predicted octanol–water partition coefficient (Wildman–Crippen LogP) is 3.45. The maximum Gasteiger partial charge on any atom is 0.259 e. The third-order valence-corrected chi connectivity index (χ3v) is 4.55. The zero-order valence-corrected chi connectivity index (χ0v) is 17.1. The normalized spacial score (nSPS) is 12.8. The third-order valence-electron chi connectivity index (χ3n) is 4.55. The number of nitrogens with one attached hydrogen (secondary N) is 1. The molecule has 0 aromatic carbocycles. The molecule has 0 fully saturated rings. The molecule has 0 aliphatic rings. The number of carbonyl (C=O) groups excluding carboxylic acids is 1. The molecule has 1 N–H and O–H groups in total. The van der Waals surface area contributed by atoms with Gasteiger partial charge in [0.15, 0.2) is 11.6 Å². The van der Waals surface area contributed by atoms with Crippen molar-refractivity contribution in [3.8, 4) is 17.3 Å². The minimum atomic E-state index is -0.187. The molecule has 1 amide bonds. The largest absolute Gasteiger partial charge is 0.349 e. The van der Waals surface area contributed by atoms with E-state index in [-0.39, 0.29) is 17.4 Å². The van der Waals surface area contributed by atoms with E-state index < -0.39 is 0 Å². The summed E-state index contributed by atoms with van der Waals surface area (Å²) in [6.45, 7) is 11.9. The van der Waals surface area contributed by atoms with Crippen LogP contribution in [0.5, 0.6) is 0 Å². The number of rotatable bonds is 5. The van der Waals surface area contributed by atoms with E-state index in [9.17, 15) is 4.79 Å². The van der Waals surface area contributed by atoms with Gasteiger partial charge in [-0.1, -0.05) is 32.9 Å². The molecule has 8 nitrogen and oxygen atoms in total. The maximum absolute atomic E-state index is 12.4. The Morgan fingerprint density at radius 1 is 1.29 bits per heavy atom. The van der Waals surface area contributed by atoms with Gasteiger partial charge in [0, 0.05) is 17.7 Å². The van der Waals surface area contributed by atoms with Gasteiger partial charge in [-0.25, -0.2) is 9.67 Å². The predicted molar refractivity (Wildman–Crippen MR) is 105 cm³/mol. The van der Waals surface area contributed by atoms with E-state index in [1.807, 2.05) is 53.7 Å². The first-order valence-corrected chi connectivity index (χ1v) is 9.37. The topological polar surface area (TPSA) is 98.7 Å². The van der Waals surface area contributed by atoms with Crippen LogP contribution in [-0.2, 0) is 5.41 Å². The molecule has 0 radical (unpaired) electrons. The molecule has 3 heterocycles. The van der Waals surface area contributed by atoms with Crippen molar-refractivity contribution >= 4 is 5.91 Å². The fourth-order valence-corrected chi connectivity index (χ4v) is 2.55. The van der Waals surface area contributed by atoms with Gasteiger partial charge >= 0.3 is 0 Å². The lowest BCUT2D eigenvalue weighted by Gasteiger charge is -2.11. The van der Waals surface area contributed by atoms with Gasteiger partial charge in [-0.05, 0) is 32.4 Å². The molecule has 1 unspecified atom stereocenters. The van der Waals surface area contributed by atoms with Gasteiger partial charge in [0.2, 0.25) is 0 Å². The maximum atomic E-state index is 12.4. The summed E-state index contributed by atoms with van der Waals surface area (Å²) in [5.74, 6) is 1.55. The molecular formula is C20H26N6O2. The molecular weight excluding hydrogens is 356 g/mol. The molecule has 3 rings (SSSR count). The van der Waals surface area contributed by atoms with E-state index >= 15 is 0 Å². The number of amides is 1. The van der Waals surface area contributed by atoms with Crippen LogP contribution in [0.15, 0.2) is 29.0 Å². The number of nitrogens with zero attached hydrogens (tertiary/aromatic N) is 5. The Hall–Kier alpha value is -3.03. The second kappa shape index (κ2) is 7.53. The first-order chi connectivity index (χ1) is 13.2.